The van der Waals surface area contributed by atoms with Gasteiger partial charge in [-0.2, -0.15) is 23.5 Å². The van der Waals surface area contributed by atoms with Gasteiger partial charge in [-0.3, -0.25) is 9.67 Å². The number of pyridine rings is 1. The molecule has 14 heteroatoms. The Balaban J connectivity index is 1.57. The molecule has 1 aliphatic heterocycles. The topological polar surface area (TPSA) is 113 Å². The normalized spacial score (nSPS) is 16.5. The van der Waals surface area contributed by atoms with E-state index in [0.29, 0.717) is 44.8 Å². The van der Waals surface area contributed by atoms with Crippen molar-refractivity contribution in [1.29, 1.82) is 5.26 Å². The molecule has 4 aromatic rings. The predicted octanol–water partition coefficient (Wildman–Crippen LogP) is 4.70. The Bertz CT molecular complexity index is 1670. The molecule has 0 radical (unpaired) electrons. The molecule has 1 aliphatic rings. The molecule has 3 aromatic heterocycles. The Hall–Kier alpha value is -4.80. The van der Waals surface area contributed by atoms with Crippen molar-refractivity contribution in [1.82, 2.24) is 29.6 Å². The van der Waals surface area contributed by atoms with E-state index < -0.39 is 30.2 Å². The molecule has 41 heavy (non-hydrogen) atoms. The fourth-order valence-corrected chi connectivity index (χ4v) is 4.81. The lowest BCUT2D eigenvalue weighted by atomic mass is 9.97. The summed E-state index contributed by atoms with van der Waals surface area (Å²) in [6.07, 6.45) is -3.97. The summed E-state index contributed by atoms with van der Waals surface area (Å²) in [5.74, 6) is -0.0496. The molecule has 0 N–H and O–H groups in total. The van der Waals surface area contributed by atoms with Gasteiger partial charge >= 0.3 is 12.3 Å². The molecule has 0 bridgehead atoms. The first-order valence-corrected chi connectivity index (χ1v) is 12.6. The van der Waals surface area contributed by atoms with Crippen LogP contribution in [0.25, 0.3) is 33.3 Å². The average Bonchev–Trinajstić information content (AvgIpc) is 3.31. The van der Waals surface area contributed by atoms with Crippen LogP contribution in [0.3, 0.4) is 0 Å². The highest BCUT2D eigenvalue weighted by Gasteiger charge is 2.41. The average molecular weight is 569 g/mol. The van der Waals surface area contributed by atoms with E-state index in [4.69, 9.17) is 0 Å². The predicted molar refractivity (Wildman–Crippen MR) is 140 cm³/mol. The monoisotopic (exact) mass is 568 g/mol. The maximum atomic E-state index is 14.2. The van der Waals surface area contributed by atoms with Gasteiger partial charge in [0.2, 0.25) is 0 Å². The molecular weight excluding hydrogens is 544 g/mol. The molecule has 2 unspecified atom stereocenters. The highest BCUT2D eigenvalue weighted by atomic mass is 19.4. The van der Waals surface area contributed by atoms with Gasteiger partial charge in [-0.1, -0.05) is 6.07 Å². The van der Waals surface area contributed by atoms with Gasteiger partial charge < -0.3 is 14.5 Å². The van der Waals surface area contributed by atoms with E-state index in [9.17, 15) is 27.6 Å². The van der Waals surface area contributed by atoms with Crippen molar-refractivity contribution in [3.63, 3.8) is 0 Å². The molecule has 1 aromatic carbocycles. The highest BCUT2D eigenvalue weighted by molar-refractivity contribution is 6.07. The smallest absolute Gasteiger partial charge is 0.425 e. The number of halogens is 4. The van der Waals surface area contributed by atoms with Crippen LogP contribution in [0.5, 0.6) is 0 Å². The quantitative estimate of drug-likeness (QED) is 0.326. The molecule has 1 saturated heterocycles. The molecule has 0 spiro atoms. The van der Waals surface area contributed by atoms with Crippen LogP contribution in [-0.4, -0.2) is 73.7 Å². The first-order valence-electron chi connectivity index (χ1n) is 12.6. The van der Waals surface area contributed by atoms with Crippen molar-refractivity contribution in [3.05, 3.63) is 54.5 Å². The number of hydrogen-bond donors (Lipinski definition) is 0. The molecule has 10 nitrogen and oxygen atoms in total. The summed E-state index contributed by atoms with van der Waals surface area (Å²) in [6.45, 7) is 3.04. The third-order valence-corrected chi connectivity index (χ3v) is 6.95. The number of piperazine rings is 1. The van der Waals surface area contributed by atoms with Crippen LogP contribution in [0.1, 0.15) is 19.5 Å². The fraction of sp³-hybridized carbons (Fsp3) is 0.333. The lowest BCUT2D eigenvalue weighted by Gasteiger charge is -2.40. The third kappa shape index (κ3) is 5.34. The van der Waals surface area contributed by atoms with Crippen LogP contribution in [0.2, 0.25) is 0 Å². The maximum Gasteiger partial charge on any atom is 0.425 e. The number of fused-ring (bicyclic) bond motifs is 1. The largest absolute Gasteiger partial charge is 0.437 e. The molecule has 4 heterocycles. The lowest BCUT2D eigenvalue weighted by Crippen LogP contribution is -2.55. The third-order valence-electron chi connectivity index (χ3n) is 6.95. The summed E-state index contributed by atoms with van der Waals surface area (Å²) in [4.78, 5) is 28.7. The van der Waals surface area contributed by atoms with Crippen LogP contribution < -0.4 is 4.90 Å². The van der Waals surface area contributed by atoms with Gasteiger partial charge in [0.15, 0.2) is 6.10 Å². The summed E-state index contributed by atoms with van der Waals surface area (Å²) in [5, 5.41) is 14.4. The summed E-state index contributed by atoms with van der Waals surface area (Å²) < 4.78 is 59.1. The Labute approximate surface area is 231 Å². The Morgan fingerprint density at radius 1 is 1.17 bits per heavy atom. The Morgan fingerprint density at radius 2 is 1.93 bits per heavy atom. The van der Waals surface area contributed by atoms with Crippen molar-refractivity contribution in [2.24, 2.45) is 7.05 Å². The number of hydrogen-bond acceptors (Lipinski definition) is 8. The van der Waals surface area contributed by atoms with Crippen molar-refractivity contribution < 1.29 is 27.1 Å². The second-order valence-corrected chi connectivity index (χ2v) is 9.68. The molecule has 5 rings (SSSR count). The van der Waals surface area contributed by atoms with Crippen LogP contribution in [0.4, 0.5) is 28.2 Å². The number of anilines is 1. The van der Waals surface area contributed by atoms with Crippen LogP contribution >= 0.6 is 0 Å². The highest BCUT2D eigenvalue weighted by Crippen LogP contribution is 2.39. The summed E-state index contributed by atoms with van der Waals surface area (Å²) in [5.41, 5.74) is 3.03. The van der Waals surface area contributed by atoms with Crippen molar-refractivity contribution >= 4 is 22.8 Å². The van der Waals surface area contributed by atoms with E-state index in [1.807, 2.05) is 4.90 Å². The SMILES string of the molecule is CC1CN(c2ncnc3c(-c4cc(C#N)n(C)n4)ccc(-c4cncc(F)c4)c23)CCN1C(=O)OC(C)C(F)(F)F. The zero-order valence-corrected chi connectivity index (χ0v) is 22.2. The maximum absolute atomic E-state index is 14.2. The molecular formula is C27H24F4N8O2. The number of carbonyl (C=O) groups is 1. The van der Waals surface area contributed by atoms with Crippen LogP contribution in [0.15, 0.2) is 43.0 Å². The van der Waals surface area contributed by atoms with Crippen molar-refractivity contribution in [2.75, 3.05) is 24.5 Å². The Morgan fingerprint density at radius 3 is 2.59 bits per heavy atom. The molecule has 2 atom stereocenters. The number of amides is 1. The van der Waals surface area contributed by atoms with Gasteiger partial charge in [-0.15, -0.1) is 0 Å². The number of nitrogens with zero attached hydrogens (tertiary/aromatic N) is 8. The number of nitriles is 1. The van der Waals surface area contributed by atoms with E-state index in [0.717, 1.165) is 13.1 Å². The Kier molecular flexibility index (Phi) is 7.20. The summed E-state index contributed by atoms with van der Waals surface area (Å²) >= 11 is 0. The van der Waals surface area contributed by atoms with Crippen molar-refractivity contribution in [2.45, 2.75) is 32.2 Å². The van der Waals surface area contributed by atoms with Crippen molar-refractivity contribution in [3.8, 4) is 28.5 Å². The zero-order valence-electron chi connectivity index (χ0n) is 22.2. The minimum atomic E-state index is -4.66. The van der Waals surface area contributed by atoms with E-state index in [1.54, 1.807) is 32.2 Å². The number of rotatable bonds is 4. The minimum Gasteiger partial charge on any atom is -0.437 e. The molecule has 1 fully saturated rings. The first kappa shape index (κ1) is 27.8. The number of benzene rings is 1. The number of aromatic nitrogens is 5. The van der Waals surface area contributed by atoms with Gasteiger partial charge in [-0.25, -0.2) is 19.2 Å². The molecule has 212 valence electrons. The van der Waals surface area contributed by atoms with E-state index in [1.165, 1.54) is 28.2 Å². The molecule has 0 aliphatic carbocycles. The molecule has 1 amide bonds. The minimum absolute atomic E-state index is 0.0817. The lowest BCUT2D eigenvalue weighted by molar-refractivity contribution is -0.200. The van der Waals surface area contributed by atoms with E-state index in [-0.39, 0.29) is 19.6 Å². The van der Waals surface area contributed by atoms with Gasteiger partial charge in [0.1, 0.15) is 29.7 Å². The first-order chi connectivity index (χ1) is 19.5. The second kappa shape index (κ2) is 10.6. The standard InChI is InChI=1S/C27H24F4N8O2/c1-15-13-38(6-7-39(15)26(40)41-16(2)27(29,30)31)25-23-20(17-8-18(28)12-33-11-17)4-5-21(24(23)34-14-35-25)22-9-19(10-32)37(3)36-22/h4-5,8-9,11-12,14-16H,6-7,13H2,1-3H3. The van der Waals surface area contributed by atoms with E-state index in [2.05, 4.69) is 30.9 Å². The second-order valence-electron chi connectivity index (χ2n) is 9.68. The fourth-order valence-electron chi connectivity index (χ4n) is 4.81. The zero-order chi connectivity index (χ0) is 29.5. The summed E-state index contributed by atoms with van der Waals surface area (Å²) in [6, 6.07) is 8.09. The van der Waals surface area contributed by atoms with Crippen LogP contribution in [-0.2, 0) is 11.8 Å². The van der Waals surface area contributed by atoms with E-state index >= 15 is 0 Å². The number of ether oxygens (including phenoxy) is 1. The number of alkyl halides is 3. The molecule has 0 saturated carbocycles. The van der Waals surface area contributed by atoms with Gasteiger partial charge in [0.25, 0.3) is 0 Å². The van der Waals surface area contributed by atoms with Gasteiger partial charge in [0, 0.05) is 56.1 Å². The summed E-state index contributed by atoms with van der Waals surface area (Å²) in [7, 11) is 1.65. The number of aryl methyl sites for hydroxylation is 1. The van der Waals surface area contributed by atoms with Gasteiger partial charge in [0.05, 0.1) is 22.8 Å². The van der Waals surface area contributed by atoms with Crippen LogP contribution in [0, 0.1) is 17.1 Å². The van der Waals surface area contributed by atoms with Gasteiger partial charge in [-0.05, 0) is 31.5 Å². The number of carbonyl (C=O) groups excluding carboxylic acids is 1.